The van der Waals surface area contributed by atoms with E-state index in [-0.39, 0.29) is 18.4 Å². The summed E-state index contributed by atoms with van der Waals surface area (Å²) in [5.41, 5.74) is 1.27. The Morgan fingerprint density at radius 1 is 1.06 bits per heavy atom. The van der Waals surface area contributed by atoms with Gasteiger partial charge in [0.2, 0.25) is 5.91 Å². The summed E-state index contributed by atoms with van der Waals surface area (Å²) in [6, 6.07) is 12.7. The van der Waals surface area contributed by atoms with Gasteiger partial charge in [0.1, 0.15) is 5.82 Å². The average molecular weight is 453 g/mol. The van der Waals surface area contributed by atoms with Gasteiger partial charge < -0.3 is 15.1 Å². The van der Waals surface area contributed by atoms with Crippen molar-refractivity contribution in [3.63, 3.8) is 0 Å². The Bertz CT molecular complexity index is 1140. The van der Waals surface area contributed by atoms with Crippen LogP contribution in [-0.4, -0.2) is 41.6 Å². The number of piperazine rings is 1. The van der Waals surface area contributed by atoms with Crippen LogP contribution in [0.1, 0.15) is 11.1 Å². The van der Waals surface area contributed by atoms with Crippen LogP contribution in [0.5, 0.6) is 0 Å². The third kappa shape index (κ3) is 4.22. The van der Waals surface area contributed by atoms with Crippen LogP contribution in [0, 0.1) is 5.92 Å². The molecule has 2 atom stereocenters. The van der Waals surface area contributed by atoms with Gasteiger partial charge in [0.05, 0.1) is 23.7 Å². The van der Waals surface area contributed by atoms with Crippen LogP contribution in [0.25, 0.3) is 0 Å². The summed E-state index contributed by atoms with van der Waals surface area (Å²) in [7, 11) is 0. The number of alkyl halides is 3. The Balaban J connectivity index is 1.49. The van der Waals surface area contributed by atoms with Crippen LogP contribution < -0.4 is 15.1 Å². The lowest BCUT2D eigenvalue weighted by molar-refractivity contribution is -0.137. The van der Waals surface area contributed by atoms with Crippen LogP contribution in [0.15, 0.2) is 67.1 Å². The fraction of sp³-hybridized carbons (Fsp3) is 0.292. The van der Waals surface area contributed by atoms with E-state index in [1.807, 2.05) is 18.2 Å². The molecule has 1 N–H and O–H groups in total. The number of nitrogens with zero attached hydrogens (tertiary/aromatic N) is 4. The van der Waals surface area contributed by atoms with E-state index in [0.717, 1.165) is 17.6 Å². The molecule has 1 fully saturated rings. The molecule has 2 aromatic carbocycles. The molecule has 1 amide bonds. The Morgan fingerprint density at radius 3 is 2.61 bits per heavy atom. The molecule has 5 rings (SSSR count). The van der Waals surface area contributed by atoms with Crippen LogP contribution >= 0.6 is 0 Å². The molecule has 1 saturated heterocycles. The lowest BCUT2D eigenvalue weighted by Gasteiger charge is -2.49. The van der Waals surface area contributed by atoms with Crippen molar-refractivity contribution in [2.24, 2.45) is 5.92 Å². The van der Waals surface area contributed by atoms with Crippen molar-refractivity contribution in [1.82, 2.24) is 9.97 Å². The fourth-order valence-electron chi connectivity index (χ4n) is 4.72. The number of benzene rings is 2. The number of rotatable bonds is 3. The van der Waals surface area contributed by atoms with Crippen molar-refractivity contribution in [3.05, 3.63) is 78.2 Å². The van der Waals surface area contributed by atoms with E-state index < -0.39 is 17.7 Å². The molecule has 3 aromatic rings. The first-order chi connectivity index (χ1) is 15.9. The number of carbonyl (C=O) groups excluding carboxylic acids is 1. The topological polar surface area (TPSA) is 61.4 Å². The molecule has 9 heteroatoms. The Kier molecular flexibility index (Phi) is 5.39. The minimum absolute atomic E-state index is 0.208. The second-order valence-corrected chi connectivity index (χ2v) is 8.28. The van der Waals surface area contributed by atoms with Crippen molar-refractivity contribution < 1.29 is 18.0 Å². The van der Waals surface area contributed by atoms with E-state index in [9.17, 15) is 18.0 Å². The van der Waals surface area contributed by atoms with Gasteiger partial charge >= 0.3 is 6.18 Å². The maximum absolute atomic E-state index is 13.4. The Labute approximate surface area is 189 Å². The van der Waals surface area contributed by atoms with E-state index in [1.165, 1.54) is 12.1 Å². The van der Waals surface area contributed by atoms with Crippen molar-refractivity contribution in [1.29, 1.82) is 0 Å². The Morgan fingerprint density at radius 2 is 1.88 bits per heavy atom. The average Bonchev–Trinajstić information content (AvgIpc) is 2.83. The molecular weight excluding hydrogens is 431 g/mol. The summed E-state index contributed by atoms with van der Waals surface area (Å²) in [5.74, 6) is -0.0153. The quantitative estimate of drug-likeness (QED) is 0.650. The third-order valence-electron chi connectivity index (χ3n) is 6.29. The number of fused-ring (bicyclic) bond motifs is 3. The van der Waals surface area contributed by atoms with E-state index in [0.29, 0.717) is 30.9 Å². The van der Waals surface area contributed by atoms with E-state index in [2.05, 4.69) is 25.1 Å². The van der Waals surface area contributed by atoms with Crippen LogP contribution in [0.3, 0.4) is 0 Å². The summed E-state index contributed by atoms with van der Waals surface area (Å²) in [6.07, 6.45) is 0.702. The highest BCUT2D eigenvalue weighted by Crippen LogP contribution is 2.40. The minimum atomic E-state index is -4.43. The van der Waals surface area contributed by atoms with E-state index in [4.69, 9.17) is 0 Å². The molecule has 3 heterocycles. The highest BCUT2D eigenvalue weighted by Gasteiger charge is 2.43. The second kappa shape index (κ2) is 8.38. The van der Waals surface area contributed by atoms with Crippen LogP contribution in [0.2, 0.25) is 0 Å². The maximum Gasteiger partial charge on any atom is 0.416 e. The lowest BCUT2D eigenvalue weighted by Crippen LogP contribution is -2.60. The zero-order valence-electron chi connectivity index (χ0n) is 17.7. The summed E-state index contributed by atoms with van der Waals surface area (Å²) >= 11 is 0. The van der Waals surface area contributed by atoms with Gasteiger partial charge in [-0.05, 0) is 42.3 Å². The molecule has 0 saturated carbocycles. The fourth-order valence-corrected chi connectivity index (χ4v) is 4.72. The molecule has 0 spiro atoms. The number of amides is 1. The summed E-state index contributed by atoms with van der Waals surface area (Å²) in [4.78, 5) is 26.0. The molecule has 1 aromatic heterocycles. The van der Waals surface area contributed by atoms with Gasteiger partial charge in [-0.1, -0.05) is 18.2 Å². The zero-order chi connectivity index (χ0) is 23.0. The molecule has 0 radical (unpaired) electrons. The molecule has 6 nitrogen and oxygen atoms in total. The molecule has 2 aliphatic heterocycles. The standard InChI is InChI=1S/C24H22F3N5O/c25-24(26,27)17-6-7-20-16(12-17)13-19(23(33)30-18-4-2-1-3-5-18)21-15-31(10-11-32(20)21)22-14-28-8-9-29-22/h1-9,12,14,19,21H,10-11,13,15H2,(H,30,33)/t19-,21+/m0/s1. The smallest absolute Gasteiger partial charge is 0.364 e. The largest absolute Gasteiger partial charge is 0.416 e. The summed E-state index contributed by atoms with van der Waals surface area (Å²) < 4.78 is 40.1. The predicted molar refractivity (Wildman–Crippen MR) is 119 cm³/mol. The SMILES string of the molecule is O=C(Nc1ccccc1)[C@H]1Cc2cc(C(F)(F)F)ccc2N2CCN(c3cnccn3)C[C@H]12. The molecule has 0 unspecified atom stereocenters. The molecule has 170 valence electrons. The molecular formula is C24H22F3N5O. The number of hydrogen-bond acceptors (Lipinski definition) is 5. The molecule has 2 aliphatic rings. The number of para-hydroxylation sites is 1. The van der Waals surface area contributed by atoms with Crippen molar-refractivity contribution in [2.45, 2.75) is 18.6 Å². The van der Waals surface area contributed by atoms with Gasteiger partial charge in [-0.2, -0.15) is 13.2 Å². The number of carbonyl (C=O) groups is 1. The van der Waals surface area contributed by atoms with Gasteiger partial charge in [-0.15, -0.1) is 0 Å². The highest BCUT2D eigenvalue weighted by atomic mass is 19.4. The third-order valence-corrected chi connectivity index (χ3v) is 6.29. The normalized spacial score (nSPS) is 20.1. The van der Waals surface area contributed by atoms with Gasteiger partial charge in [0.15, 0.2) is 0 Å². The van der Waals surface area contributed by atoms with Gasteiger partial charge in [-0.25, -0.2) is 4.98 Å². The predicted octanol–water partition coefficient (Wildman–Crippen LogP) is 4.00. The number of halogens is 3. The molecule has 0 bridgehead atoms. The maximum atomic E-state index is 13.4. The Hall–Kier alpha value is -3.62. The summed E-state index contributed by atoms with van der Waals surface area (Å²) in [5, 5.41) is 2.94. The first-order valence-corrected chi connectivity index (χ1v) is 10.7. The van der Waals surface area contributed by atoms with E-state index in [1.54, 1.807) is 30.7 Å². The van der Waals surface area contributed by atoms with Crippen molar-refractivity contribution in [2.75, 3.05) is 34.8 Å². The zero-order valence-corrected chi connectivity index (χ0v) is 17.7. The summed E-state index contributed by atoms with van der Waals surface area (Å²) in [6.45, 7) is 1.71. The molecule has 33 heavy (non-hydrogen) atoms. The van der Waals surface area contributed by atoms with Gasteiger partial charge in [0.25, 0.3) is 0 Å². The molecule has 0 aliphatic carbocycles. The number of anilines is 3. The number of aromatic nitrogens is 2. The minimum Gasteiger partial charge on any atom is -0.364 e. The monoisotopic (exact) mass is 453 g/mol. The second-order valence-electron chi connectivity index (χ2n) is 8.28. The van der Waals surface area contributed by atoms with E-state index >= 15 is 0 Å². The first kappa shape index (κ1) is 21.2. The van der Waals surface area contributed by atoms with Crippen LogP contribution in [0.4, 0.5) is 30.4 Å². The highest BCUT2D eigenvalue weighted by molar-refractivity contribution is 5.94. The van der Waals surface area contributed by atoms with Gasteiger partial charge in [-0.3, -0.25) is 9.78 Å². The first-order valence-electron chi connectivity index (χ1n) is 10.7. The van der Waals surface area contributed by atoms with Gasteiger partial charge in [0, 0.05) is 43.4 Å². The lowest BCUT2D eigenvalue weighted by atomic mass is 9.82. The van der Waals surface area contributed by atoms with Crippen molar-refractivity contribution >= 4 is 23.1 Å². The van der Waals surface area contributed by atoms with Crippen LogP contribution in [-0.2, 0) is 17.4 Å². The van der Waals surface area contributed by atoms with Crippen molar-refractivity contribution in [3.8, 4) is 0 Å². The number of nitrogens with one attached hydrogen (secondary N) is 1. The number of hydrogen-bond donors (Lipinski definition) is 1.